The lowest BCUT2D eigenvalue weighted by Crippen LogP contribution is -2.02. The zero-order chi connectivity index (χ0) is 9.14. The smallest absolute Gasteiger partial charge is 0.387 e. The van der Waals surface area contributed by atoms with Crippen molar-refractivity contribution in [1.29, 1.82) is 0 Å². The average molecular weight is 258 g/mol. The fourth-order valence-electron chi connectivity index (χ4n) is 0.571. The number of alkyl halides is 2. The largest absolute Gasteiger partial charge is 0.433 e. The van der Waals surface area contributed by atoms with E-state index in [4.69, 9.17) is 11.6 Å². The molecular weight excluding hydrogens is 255 g/mol. The highest BCUT2D eigenvalue weighted by molar-refractivity contribution is 9.10. The third kappa shape index (κ3) is 2.57. The van der Waals surface area contributed by atoms with Gasteiger partial charge in [-0.3, -0.25) is 0 Å². The molecule has 12 heavy (non-hydrogen) atoms. The maximum atomic E-state index is 11.6. The summed E-state index contributed by atoms with van der Waals surface area (Å²) in [5, 5.41) is 0.230. The summed E-state index contributed by atoms with van der Waals surface area (Å²) in [6.07, 6.45) is 1.15. The second-order valence-corrected chi connectivity index (χ2v) is 2.98. The zero-order valence-corrected chi connectivity index (χ0v) is 7.94. The molecule has 0 aromatic carbocycles. The molecule has 0 bridgehead atoms. The predicted octanol–water partition coefficient (Wildman–Crippen LogP) is 3.10. The Morgan fingerprint density at radius 1 is 1.58 bits per heavy atom. The van der Waals surface area contributed by atoms with Crippen molar-refractivity contribution >= 4 is 27.5 Å². The monoisotopic (exact) mass is 257 g/mol. The molecule has 0 saturated carbocycles. The first-order valence-corrected chi connectivity index (χ1v) is 4.02. The lowest BCUT2D eigenvalue weighted by atomic mass is 10.5. The molecule has 0 amide bonds. The maximum absolute atomic E-state index is 11.6. The first kappa shape index (κ1) is 9.67. The number of nitrogens with zero attached hydrogens (tertiary/aromatic N) is 1. The molecule has 0 aliphatic rings. The molecule has 1 heterocycles. The molecule has 0 spiro atoms. The van der Waals surface area contributed by atoms with Crippen molar-refractivity contribution < 1.29 is 13.5 Å². The van der Waals surface area contributed by atoms with Crippen molar-refractivity contribution in [3.63, 3.8) is 0 Å². The number of ether oxygens (including phenoxy) is 1. The average Bonchev–Trinajstić information content (AvgIpc) is 1.96. The number of hydrogen-bond donors (Lipinski definition) is 0. The number of aromatic nitrogens is 1. The van der Waals surface area contributed by atoms with E-state index in [1.807, 2.05) is 0 Å². The van der Waals surface area contributed by atoms with Gasteiger partial charge in [-0.1, -0.05) is 11.6 Å². The van der Waals surface area contributed by atoms with E-state index in [0.717, 1.165) is 6.20 Å². The molecule has 0 unspecified atom stereocenters. The number of rotatable bonds is 2. The van der Waals surface area contributed by atoms with E-state index >= 15 is 0 Å². The summed E-state index contributed by atoms with van der Waals surface area (Å²) >= 11 is 8.57. The molecule has 1 aromatic rings. The Morgan fingerprint density at radius 2 is 2.25 bits per heavy atom. The van der Waals surface area contributed by atoms with E-state index in [0.29, 0.717) is 4.60 Å². The Hall–Kier alpha value is -0.420. The maximum Gasteiger partial charge on any atom is 0.387 e. The Kier molecular flexibility index (Phi) is 3.22. The van der Waals surface area contributed by atoms with Gasteiger partial charge < -0.3 is 4.74 Å². The third-order valence-electron chi connectivity index (χ3n) is 0.996. The quantitative estimate of drug-likeness (QED) is 0.761. The SMILES string of the molecule is FC(F)Oc1cnc(Br)c(Cl)c1. The molecule has 0 atom stereocenters. The fourth-order valence-corrected chi connectivity index (χ4v) is 0.944. The molecule has 1 aromatic heterocycles. The van der Waals surface area contributed by atoms with Crippen molar-refractivity contribution in [1.82, 2.24) is 4.98 Å². The van der Waals surface area contributed by atoms with Gasteiger partial charge in [0.2, 0.25) is 0 Å². The van der Waals surface area contributed by atoms with Crippen LogP contribution >= 0.6 is 27.5 Å². The van der Waals surface area contributed by atoms with Crippen molar-refractivity contribution in [2.24, 2.45) is 0 Å². The highest BCUT2D eigenvalue weighted by atomic mass is 79.9. The molecule has 1 rings (SSSR count). The van der Waals surface area contributed by atoms with E-state index in [2.05, 4.69) is 25.7 Å². The first-order valence-electron chi connectivity index (χ1n) is 2.85. The van der Waals surface area contributed by atoms with Crippen LogP contribution in [0.4, 0.5) is 8.78 Å². The van der Waals surface area contributed by atoms with Gasteiger partial charge in [-0.2, -0.15) is 8.78 Å². The van der Waals surface area contributed by atoms with Crippen LogP contribution in [0.3, 0.4) is 0 Å². The lowest BCUT2D eigenvalue weighted by molar-refractivity contribution is -0.0500. The summed E-state index contributed by atoms with van der Waals surface area (Å²) < 4.78 is 27.7. The number of pyridine rings is 1. The van der Waals surface area contributed by atoms with Gasteiger partial charge in [0.1, 0.15) is 10.4 Å². The van der Waals surface area contributed by atoms with Crippen LogP contribution in [0.15, 0.2) is 16.9 Å². The highest BCUT2D eigenvalue weighted by Crippen LogP contribution is 2.24. The van der Waals surface area contributed by atoms with E-state index < -0.39 is 6.61 Å². The standard InChI is InChI=1S/C6H3BrClF2NO/c7-5-4(8)1-3(2-11-5)12-6(9)10/h1-2,6H. The van der Waals surface area contributed by atoms with Gasteiger partial charge in [0.25, 0.3) is 0 Å². The first-order chi connectivity index (χ1) is 5.59. The molecule has 0 fully saturated rings. The molecule has 66 valence electrons. The molecule has 0 aliphatic carbocycles. The number of hydrogen-bond acceptors (Lipinski definition) is 2. The van der Waals surface area contributed by atoms with Crippen LogP contribution in [0.1, 0.15) is 0 Å². The minimum absolute atomic E-state index is 0.0572. The zero-order valence-electron chi connectivity index (χ0n) is 5.60. The minimum atomic E-state index is -2.86. The van der Waals surface area contributed by atoms with Crippen LogP contribution in [-0.2, 0) is 0 Å². The molecule has 0 saturated heterocycles. The Labute approximate surface area is 80.6 Å². The van der Waals surface area contributed by atoms with Crippen LogP contribution in [0.5, 0.6) is 5.75 Å². The molecule has 6 heteroatoms. The summed E-state index contributed by atoms with van der Waals surface area (Å²) in [7, 11) is 0. The van der Waals surface area contributed by atoms with Crippen molar-refractivity contribution in [2.45, 2.75) is 6.61 Å². The second-order valence-electron chi connectivity index (χ2n) is 1.82. The van der Waals surface area contributed by atoms with Crippen LogP contribution in [-0.4, -0.2) is 11.6 Å². The van der Waals surface area contributed by atoms with E-state index in [1.165, 1.54) is 6.07 Å². The second kappa shape index (κ2) is 4.00. The van der Waals surface area contributed by atoms with Crippen molar-refractivity contribution in [3.8, 4) is 5.75 Å². The molecule has 2 nitrogen and oxygen atoms in total. The molecular formula is C6H3BrClF2NO. The van der Waals surface area contributed by atoms with Crippen molar-refractivity contribution in [3.05, 3.63) is 21.9 Å². The van der Waals surface area contributed by atoms with E-state index in [9.17, 15) is 8.78 Å². The summed E-state index contributed by atoms with van der Waals surface area (Å²) in [5.41, 5.74) is 0. The minimum Gasteiger partial charge on any atom is -0.433 e. The van der Waals surface area contributed by atoms with Gasteiger partial charge in [0.05, 0.1) is 11.2 Å². The Balaban J connectivity index is 2.82. The van der Waals surface area contributed by atoms with Crippen LogP contribution in [0, 0.1) is 0 Å². The highest BCUT2D eigenvalue weighted by Gasteiger charge is 2.06. The normalized spacial score (nSPS) is 10.4. The van der Waals surface area contributed by atoms with Crippen LogP contribution in [0.25, 0.3) is 0 Å². The summed E-state index contributed by atoms with van der Waals surface area (Å²) in [6.45, 7) is -2.86. The van der Waals surface area contributed by atoms with Gasteiger partial charge in [-0.15, -0.1) is 0 Å². The topological polar surface area (TPSA) is 22.1 Å². The summed E-state index contributed by atoms with van der Waals surface area (Å²) in [6, 6.07) is 1.25. The Morgan fingerprint density at radius 3 is 2.75 bits per heavy atom. The van der Waals surface area contributed by atoms with Gasteiger partial charge in [-0.05, 0) is 15.9 Å². The van der Waals surface area contributed by atoms with Gasteiger partial charge in [-0.25, -0.2) is 4.98 Å². The van der Waals surface area contributed by atoms with E-state index in [-0.39, 0.29) is 10.8 Å². The van der Waals surface area contributed by atoms with Crippen LogP contribution < -0.4 is 4.74 Å². The van der Waals surface area contributed by atoms with Gasteiger partial charge in [0.15, 0.2) is 0 Å². The fraction of sp³-hybridized carbons (Fsp3) is 0.167. The lowest BCUT2D eigenvalue weighted by Gasteiger charge is -2.03. The molecule has 0 N–H and O–H groups in total. The number of halogens is 4. The molecule has 0 aliphatic heterocycles. The summed E-state index contributed by atoms with van der Waals surface area (Å²) in [4.78, 5) is 3.66. The van der Waals surface area contributed by atoms with Gasteiger partial charge >= 0.3 is 6.61 Å². The van der Waals surface area contributed by atoms with E-state index in [1.54, 1.807) is 0 Å². The summed E-state index contributed by atoms with van der Waals surface area (Å²) in [5.74, 6) is -0.0572. The van der Waals surface area contributed by atoms with Crippen molar-refractivity contribution in [2.75, 3.05) is 0 Å². The van der Waals surface area contributed by atoms with Gasteiger partial charge in [0, 0.05) is 6.07 Å². The third-order valence-corrected chi connectivity index (χ3v) is 2.14. The Bertz CT molecular complexity index is 284. The molecule has 0 radical (unpaired) electrons. The predicted molar refractivity (Wildman–Crippen MR) is 43.6 cm³/mol. The van der Waals surface area contributed by atoms with Crippen LogP contribution in [0.2, 0.25) is 5.02 Å².